The molecule has 1 aromatic carbocycles. The van der Waals surface area contributed by atoms with E-state index in [0.717, 1.165) is 29.9 Å². The van der Waals surface area contributed by atoms with Crippen molar-refractivity contribution in [3.8, 4) is 11.8 Å². The molecule has 1 aliphatic carbocycles. The molecule has 0 unspecified atom stereocenters. The van der Waals surface area contributed by atoms with Crippen LogP contribution in [0.3, 0.4) is 0 Å². The lowest BCUT2D eigenvalue weighted by molar-refractivity contribution is -0.152. The van der Waals surface area contributed by atoms with E-state index in [2.05, 4.69) is 11.4 Å². The summed E-state index contributed by atoms with van der Waals surface area (Å²) in [6.07, 6.45) is 3.27. The number of carbonyl (C=O) groups excluding carboxylic acids is 2. The van der Waals surface area contributed by atoms with Gasteiger partial charge in [0, 0.05) is 4.90 Å². The summed E-state index contributed by atoms with van der Waals surface area (Å²) >= 11 is 1.33. The molecule has 7 heteroatoms. The molecule has 1 fully saturated rings. The Morgan fingerprint density at radius 2 is 1.92 bits per heavy atom. The zero-order valence-electron chi connectivity index (χ0n) is 15.1. The number of hydrogen-bond donors (Lipinski definition) is 1. The molecular weight excluding hydrogens is 352 g/mol. The average molecular weight is 376 g/mol. The molecule has 0 bridgehead atoms. The van der Waals surface area contributed by atoms with Gasteiger partial charge in [0.25, 0.3) is 5.91 Å². The number of nitrogens with one attached hydrogen (secondary N) is 1. The molecule has 26 heavy (non-hydrogen) atoms. The summed E-state index contributed by atoms with van der Waals surface area (Å²) in [5, 5.41) is 12.2. The largest absolute Gasteiger partial charge is 0.497 e. The molecule has 140 valence electrons. The second-order valence-corrected chi connectivity index (χ2v) is 7.39. The van der Waals surface area contributed by atoms with Crippen LogP contribution in [0, 0.1) is 11.3 Å². The summed E-state index contributed by atoms with van der Waals surface area (Å²) in [4.78, 5) is 25.2. The molecule has 0 aliphatic heterocycles. The van der Waals surface area contributed by atoms with Crippen molar-refractivity contribution in [2.24, 2.45) is 0 Å². The maximum atomic E-state index is 12.3. The van der Waals surface area contributed by atoms with Gasteiger partial charge in [0.05, 0.1) is 18.9 Å². The minimum atomic E-state index is -0.925. The summed E-state index contributed by atoms with van der Waals surface area (Å²) in [6, 6.07) is 9.56. The highest BCUT2D eigenvalue weighted by Gasteiger charge is 2.35. The highest BCUT2D eigenvalue weighted by atomic mass is 32.2. The highest BCUT2D eigenvalue weighted by Crippen LogP contribution is 2.27. The highest BCUT2D eigenvalue weighted by molar-refractivity contribution is 8.00. The van der Waals surface area contributed by atoms with E-state index >= 15 is 0 Å². The van der Waals surface area contributed by atoms with Gasteiger partial charge in [-0.15, -0.1) is 11.8 Å². The Hall–Kier alpha value is -2.20. The smallest absolute Gasteiger partial charge is 0.317 e. The molecule has 1 aliphatic rings. The lowest BCUT2D eigenvalue weighted by Crippen LogP contribution is -2.52. The summed E-state index contributed by atoms with van der Waals surface area (Å²) < 4.78 is 10.3. The molecule has 0 heterocycles. The Bertz CT molecular complexity index is 663. The van der Waals surface area contributed by atoms with E-state index in [-0.39, 0.29) is 5.75 Å². The molecule has 2 rings (SSSR count). The number of benzene rings is 1. The van der Waals surface area contributed by atoms with Crippen molar-refractivity contribution >= 4 is 23.6 Å². The van der Waals surface area contributed by atoms with Gasteiger partial charge in [-0.05, 0) is 44.0 Å². The molecule has 0 radical (unpaired) electrons. The number of esters is 1. The van der Waals surface area contributed by atoms with Crippen LogP contribution < -0.4 is 10.1 Å². The van der Waals surface area contributed by atoms with Crippen LogP contribution in [-0.2, 0) is 14.3 Å². The molecule has 6 nitrogen and oxygen atoms in total. The Balaban J connectivity index is 1.79. The van der Waals surface area contributed by atoms with Crippen LogP contribution in [0.4, 0.5) is 0 Å². The van der Waals surface area contributed by atoms with Crippen molar-refractivity contribution < 1.29 is 19.1 Å². The van der Waals surface area contributed by atoms with Crippen molar-refractivity contribution in [1.29, 1.82) is 5.26 Å². The van der Waals surface area contributed by atoms with Crippen molar-refractivity contribution in [3.05, 3.63) is 24.3 Å². The number of hydrogen-bond acceptors (Lipinski definition) is 6. The van der Waals surface area contributed by atoms with Gasteiger partial charge >= 0.3 is 5.97 Å². The minimum absolute atomic E-state index is 0.105. The normalized spacial score (nSPS) is 16.8. The van der Waals surface area contributed by atoms with E-state index in [9.17, 15) is 14.9 Å². The summed E-state index contributed by atoms with van der Waals surface area (Å²) in [5.74, 6) is -0.0383. The van der Waals surface area contributed by atoms with Crippen LogP contribution in [0.2, 0.25) is 0 Å². The first-order chi connectivity index (χ1) is 12.5. The predicted octanol–water partition coefficient (Wildman–Crippen LogP) is 3.06. The van der Waals surface area contributed by atoms with Gasteiger partial charge in [0.15, 0.2) is 6.10 Å². The molecular formula is C19H24N2O4S. The SMILES string of the molecule is COc1ccc(SCC(=O)O[C@H](C)C(=O)NC2(C#N)CCCCC2)cc1. The van der Waals surface area contributed by atoms with E-state index < -0.39 is 23.5 Å². The van der Waals surface area contributed by atoms with Crippen molar-refractivity contribution in [1.82, 2.24) is 5.32 Å². The average Bonchev–Trinajstić information content (AvgIpc) is 2.67. The topological polar surface area (TPSA) is 88.4 Å². The third-order valence-electron chi connectivity index (χ3n) is 4.38. The van der Waals surface area contributed by atoms with Crippen molar-refractivity contribution in [2.45, 2.75) is 55.6 Å². The quantitative estimate of drug-likeness (QED) is 0.581. The maximum absolute atomic E-state index is 12.3. The van der Waals surface area contributed by atoms with E-state index in [1.807, 2.05) is 24.3 Å². The monoisotopic (exact) mass is 376 g/mol. The second kappa shape index (κ2) is 9.48. The molecule has 1 amide bonds. The minimum Gasteiger partial charge on any atom is -0.497 e. The van der Waals surface area contributed by atoms with Crippen LogP contribution in [0.5, 0.6) is 5.75 Å². The van der Waals surface area contributed by atoms with Crippen LogP contribution in [0.1, 0.15) is 39.0 Å². The molecule has 0 saturated heterocycles. The first-order valence-corrected chi connectivity index (χ1v) is 9.66. The second-order valence-electron chi connectivity index (χ2n) is 6.34. The molecule has 1 aromatic rings. The van der Waals surface area contributed by atoms with Crippen molar-refractivity contribution in [3.63, 3.8) is 0 Å². The van der Waals surface area contributed by atoms with Gasteiger partial charge in [-0.25, -0.2) is 0 Å². The van der Waals surface area contributed by atoms with Gasteiger partial charge in [-0.1, -0.05) is 19.3 Å². The number of rotatable bonds is 7. The zero-order chi connectivity index (χ0) is 19.0. The predicted molar refractivity (Wildman–Crippen MR) is 98.8 cm³/mol. The lowest BCUT2D eigenvalue weighted by Gasteiger charge is -2.32. The third-order valence-corrected chi connectivity index (χ3v) is 5.36. The van der Waals surface area contributed by atoms with Crippen LogP contribution >= 0.6 is 11.8 Å². The number of methoxy groups -OCH3 is 1. The maximum Gasteiger partial charge on any atom is 0.317 e. The zero-order valence-corrected chi connectivity index (χ0v) is 15.9. The fraction of sp³-hybridized carbons (Fsp3) is 0.526. The van der Waals surface area contributed by atoms with Crippen LogP contribution in [0.15, 0.2) is 29.2 Å². The Labute approximate surface area is 158 Å². The number of thioether (sulfide) groups is 1. The number of nitriles is 1. The molecule has 1 saturated carbocycles. The van der Waals surface area contributed by atoms with Crippen LogP contribution in [0.25, 0.3) is 0 Å². The van der Waals surface area contributed by atoms with Gasteiger partial charge in [-0.3, -0.25) is 9.59 Å². The van der Waals surface area contributed by atoms with Gasteiger partial charge in [-0.2, -0.15) is 5.26 Å². The molecule has 1 N–H and O–H groups in total. The fourth-order valence-electron chi connectivity index (χ4n) is 2.86. The van der Waals surface area contributed by atoms with E-state index in [1.165, 1.54) is 18.7 Å². The summed E-state index contributed by atoms with van der Waals surface area (Å²) in [5.41, 5.74) is -0.826. The first-order valence-electron chi connectivity index (χ1n) is 8.67. The Morgan fingerprint density at radius 3 is 2.50 bits per heavy atom. The van der Waals surface area contributed by atoms with Crippen LogP contribution in [-0.4, -0.2) is 36.4 Å². The van der Waals surface area contributed by atoms with Gasteiger partial charge in [0.2, 0.25) is 0 Å². The Kier molecular flexibility index (Phi) is 7.34. The van der Waals surface area contributed by atoms with E-state index in [4.69, 9.17) is 9.47 Å². The third kappa shape index (κ3) is 5.67. The molecule has 1 atom stereocenters. The molecule has 0 spiro atoms. The number of carbonyl (C=O) groups is 2. The standard InChI is InChI=1S/C19H24N2O4S/c1-14(18(23)21-19(13-20)10-4-3-5-11-19)25-17(22)12-26-16-8-6-15(24-2)7-9-16/h6-9,14H,3-5,10-12H2,1-2H3,(H,21,23)/t14-/m1/s1. The number of nitrogens with zero attached hydrogens (tertiary/aromatic N) is 1. The fourth-order valence-corrected chi connectivity index (χ4v) is 3.54. The van der Waals surface area contributed by atoms with E-state index in [1.54, 1.807) is 7.11 Å². The summed E-state index contributed by atoms with van der Waals surface area (Å²) in [7, 11) is 1.59. The van der Waals surface area contributed by atoms with Gasteiger partial charge in [0.1, 0.15) is 11.3 Å². The number of ether oxygens (including phenoxy) is 2. The summed E-state index contributed by atoms with van der Waals surface area (Å²) in [6.45, 7) is 1.53. The van der Waals surface area contributed by atoms with E-state index in [0.29, 0.717) is 12.8 Å². The Morgan fingerprint density at radius 1 is 1.27 bits per heavy atom. The first kappa shape index (κ1) is 20.1. The molecule has 0 aromatic heterocycles. The lowest BCUT2D eigenvalue weighted by atomic mass is 9.83. The van der Waals surface area contributed by atoms with Crippen molar-refractivity contribution in [2.75, 3.05) is 12.9 Å². The van der Waals surface area contributed by atoms with Gasteiger partial charge < -0.3 is 14.8 Å². The number of amides is 1.